The van der Waals surface area contributed by atoms with Gasteiger partial charge in [-0.05, 0) is 40.7 Å². The number of ether oxygens (including phenoxy) is 1. The van der Waals surface area contributed by atoms with E-state index in [0.29, 0.717) is 6.04 Å². The first kappa shape index (κ1) is 13.9. The molecule has 1 fully saturated rings. The molecule has 0 bridgehead atoms. The molecule has 1 aliphatic rings. The number of nitrogens with one attached hydrogen (secondary N) is 1. The first-order valence-corrected chi connectivity index (χ1v) is 6.40. The van der Waals surface area contributed by atoms with Crippen molar-refractivity contribution in [2.45, 2.75) is 57.7 Å². The molecule has 1 N–H and O–H groups in total. The van der Waals surface area contributed by atoms with Gasteiger partial charge in [0.25, 0.3) is 0 Å². The summed E-state index contributed by atoms with van der Waals surface area (Å²) in [5.41, 5.74) is 0.187. The normalized spacial score (nSPS) is 19.9. The highest BCUT2D eigenvalue weighted by atomic mass is 16.5. The molecule has 3 nitrogen and oxygen atoms in total. The number of methoxy groups -OCH3 is 1. The largest absolute Gasteiger partial charge is 0.383 e. The van der Waals surface area contributed by atoms with E-state index >= 15 is 0 Å². The monoisotopic (exact) mass is 228 g/mol. The smallest absolute Gasteiger partial charge is 0.0630 e. The number of nitrogens with zero attached hydrogens (tertiary/aromatic N) is 1. The van der Waals surface area contributed by atoms with Crippen molar-refractivity contribution in [3.05, 3.63) is 0 Å². The highest BCUT2D eigenvalue weighted by Gasteiger charge is 2.28. The van der Waals surface area contributed by atoms with Gasteiger partial charge in [-0.25, -0.2) is 0 Å². The maximum absolute atomic E-state index is 5.33. The van der Waals surface area contributed by atoms with Crippen LogP contribution in [0.1, 0.15) is 40.0 Å². The van der Waals surface area contributed by atoms with Crippen LogP contribution in [-0.4, -0.2) is 49.8 Å². The summed E-state index contributed by atoms with van der Waals surface area (Å²) in [5, 5.41) is 3.57. The first-order valence-electron chi connectivity index (χ1n) is 6.40. The Morgan fingerprint density at radius 1 is 1.38 bits per heavy atom. The molecular weight excluding hydrogens is 200 g/mol. The topological polar surface area (TPSA) is 24.5 Å². The number of rotatable bonds is 6. The predicted molar refractivity (Wildman–Crippen MR) is 68.8 cm³/mol. The van der Waals surface area contributed by atoms with Crippen molar-refractivity contribution in [3.63, 3.8) is 0 Å². The summed E-state index contributed by atoms with van der Waals surface area (Å²) >= 11 is 0. The zero-order valence-corrected chi connectivity index (χ0v) is 11.5. The van der Waals surface area contributed by atoms with E-state index in [4.69, 9.17) is 4.74 Å². The second-order valence-corrected chi connectivity index (χ2v) is 5.99. The molecule has 1 rings (SSSR count). The van der Waals surface area contributed by atoms with Gasteiger partial charge in [0.05, 0.1) is 6.61 Å². The van der Waals surface area contributed by atoms with E-state index in [1.807, 2.05) is 0 Å². The summed E-state index contributed by atoms with van der Waals surface area (Å²) in [6.45, 7) is 8.45. The van der Waals surface area contributed by atoms with E-state index in [-0.39, 0.29) is 5.54 Å². The number of likely N-dealkylation sites (N-methyl/N-ethyl adjacent to an activating group) is 1. The first-order chi connectivity index (χ1) is 7.44. The summed E-state index contributed by atoms with van der Waals surface area (Å²) in [5.74, 6) is 0. The van der Waals surface area contributed by atoms with Crippen LogP contribution in [0.25, 0.3) is 0 Å². The molecular formula is C13H28N2O. The van der Waals surface area contributed by atoms with E-state index in [1.54, 1.807) is 7.11 Å². The summed E-state index contributed by atoms with van der Waals surface area (Å²) < 4.78 is 5.33. The number of hydrogen-bond acceptors (Lipinski definition) is 3. The molecule has 0 aromatic rings. The Balaban J connectivity index is 2.39. The van der Waals surface area contributed by atoms with E-state index in [0.717, 1.165) is 19.2 Å². The molecule has 96 valence electrons. The Kier molecular flexibility index (Phi) is 5.22. The van der Waals surface area contributed by atoms with Crippen molar-refractivity contribution in [1.82, 2.24) is 10.2 Å². The summed E-state index contributed by atoms with van der Waals surface area (Å²) in [7, 11) is 4.02. The Bertz CT molecular complexity index is 197. The van der Waals surface area contributed by atoms with Crippen molar-refractivity contribution in [1.29, 1.82) is 0 Å². The molecule has 1 aliphatic carbocycles. The third-order valence-corrected chi connectivity index (χ3v) is 3.45. The Labute approximate surface area is 101 Å². The fourth-order valence-corrected chi connectivity index (χ4v) is 2.03. The second-order valence-electron chi connectivity index (χ2n) is 5.99. The Hall–Kier alpha value is -0.120. The number of hydrogen-bond donors (Lipinski definition) is 1. The minimum Gasteiger partial charge on any atom is -0.383 e. The van der Waals surface area contributed by atoms with Gasteiger partial charge < -0.3 is 10.1 Å². The summed E-state index contributed by atoms with van der Waals surface area (Å²) in [6.07, 6.45) is 4.10. The third kappa shape index (κ3) is 4.40. The molecule has 0 heterocycles. The maximum Gasteiger partial charge on any atom is 0.0630 e. The Morgan fingerprint density at radius 3 is 2.38 bits per heavy atom. The molecule has 1 saturated carbocycles. The van der Waals surface area contributed by atoms with Crippen LogP contribution >= 0.6 is 0 Å². The van der Waals surface area contributed by atoms with Crippen LogP contribution in [0.4, 0.5) is 0 Å². The van der Waals surface area contributed by atoms with Crippen molar-refractivity contribution >= 4 is 0 Å². The molecule has 0 aromatic carbocycles. The van der Waals surface area contributed by atoms with Crippen LogP contribution in [0, 0.1) is 0 Å². The molecule has 0 aliphatic heterocycles. The van der Waals surface area contributed by atoms with Crippen molar-refractivity contribution in [3.8, 4) is 0 Å². The molecule has 0 radical (unpaired) electrons. The quantitative estimate of drug-likeness (QED) is 0.751. The van der Waals surface area contributed by atoms with Crippen LogP contribution < -0.4 is 5.32 Å². The molecule has 0 amide bonds. The fourth-order valence-electron chi connectivity index (χ4n) is 2.03. The van der Waals surface area contributed by atoms with Gasteiger partial charge in [-0.3, -0.25) is 4.90 Å². The third-order valence-electron chi connectivity index (χ3n) is 3.45. The van der Waals surface area contributed by atoms with Crippen LogP contribution in [0.15, 0.2) is 0 Å². The average molecular weight is 228 g/mol. The average Bonchev–Trinajstić information content (AvgIpc) is 2.07. The maximum atomic E-state index is 5.33. The summed E-state index contributed by atoms with van der Waals surface area (Å²) in [4.78, 5) is 2.49. The Morgan fingerprint density at radius 2 is 2.00 bits per heavy atom. The van der Waals surface area contributed by atoms with E-state index in [1.165, 1.54) is 19.3 Å². The standard InChI is InChI=1S/C13H28N2O/c1-13(2,3)14-9-12(10-16-5)15(4)11-7-6-8-11/h11-12,14H,6-10H2,1-5H3. The fraction of sp³-hybridized carbons (Fsp3) is 1.00. The minimum atomic E-state index is 0.187. The van der Waals surface area contributed by atoms with Gasteiger partial charge in [0, 0.05) is 31.3 Å². The van der Waals surface area contributed by atoms with Gasteiger partial charge in [-0.1, -0.05) is 6.42 Å². The second kappa shape index (κ2) is 5.99. The lowest BCUT2D eigenvalue weighted by molar-refractivity contribution is 0.0494. The van der Waals surface area contributed by atoms with Gasteiger partial charge in [0.2, 0.25) is 0 Å². The highest BCUT2D eigenvalue weighted by Crippen LogP contribution is 2.25. The lowest BCUT2D eigenvalue weighted by atomic mass is 9.91. The zero-order chi connectivity index (χ0) is 12.2. The van der Waals surface area contributed by atoms with Crippen LogP contribution in [0.5, 0.6) is 0 Å². The van der Waals surface area contributed by atoms with E-state index in [2.05, 4.69) is 38.0 Å². The van der Waals surface area contributed by atoms with Crippen molar-refractivity contribution in [2.75, 3.05) is 27.3 Å². The minimum absolute atomic E-state index is 0.187. The highest BCUT2D eigenvalue weighted by molar-refractivity contribution is 4.85. The van der Waals surface area contributed by atoms with Crippen molar-refractivity contribution in [2.24, 2.45) is 0 Å². The predicted octanol–water partition coefficient (Wildman–Crippen LogP) is 1.87. The van der Waals surface area contributed by atoms with Gasteiger partial charge in [0.1, 0.15) is 0 Å². The molecule has 1 unspecified atom stereocenters. The molecule has 0 saturated heterocycles. The molecule has 3 heteroatoms. The lowest BCUT2D eigenvalue weighted by Gasteiger charge is -2.40. The van der Waals surface area contributed by atoms with Crippen LogP contribution in [0.2, 0.25) is 0 Å². The van der Waals surface area contributed by atoms with Gasteiger partial charge in [0.15, 0.2) is 0 Å². The summed E-state index contributed by atoms with van der Waals surface area (Å²) in [6, 6.07) is 1.27. The molecule has 16 heavy (non-hydrogen) atoms. The molecule has 0 spiro atoms. The van der Waals surface area contributed by atoms with E-state index < -0.39 is 0 Å². The van der Waals surface area contributed by atoms with Gasteiger partial charge in [-0.2, -0.15) is 0 Å². The van der Waals surface area contributed by atoms with Gasteiger partial charge >= 0.3 is 0 Å². The SMILES string of the molecule is COCC(CNC(C)(C)C)N(C)C1CCC1. The lowest BCUT2D eigenvalue weighted by Crippen LogP contribution is -2.52. The van der Waals surface area contributed by atoms with E-state index in [9.17, 15) is 0 Å². The van der Waals surface area contributed by atoms with Crippen LogP contribution in [0.3, 0.4) is 0 Å². The van der Waals surface area contributed by atoms with Crippen LogP contribution in [-0.2, 0) is 4.74 Å². The van der Waals surface area contributed by atoms with Gasteiger partial charge in [-0.15, -0.1) is 0 Å². The zero-order valence-electron chi connectivity index (χ0n) is 11.5. The molecule has 1 atom stereocenters. The van der Waals surface area contributed by atoms with Crippen molar-refractivity contribution < 1.29 is 4.74 Å². The molecule has 0 aromatic heterocycles.